The highest BCUT2D eigenvalue weighted by Crippen LogP contribution is 2.64. The number of hydrogen-bond donors (Lipinski definition) is 0. The van der Waals surface area contributed by atoms with Gasteiger partial charge >= 0.3 is 0 Å². The van der Waals surface area contributed by atoms with E-state index in [0.717, 1.165) is 152 Å². The van der Waals surface area contributed by atoms with Gasteiger partial charge in [0.1, 0.15) is 46.0 Å². The van der Waals surface area contributed by atoms with E-state index in [0.29, 0.717) is 35.5 Å². The van der Waals surface area contributed by atoms with Crippen molar-refractivity contribution in [3.63, 3.8) is 0 Å². The minimum absolute atomic E-state index is 0.138. The van der Waals surface area contributed by atoms with E-state index in [1.807, 2.05) is 0 Å². The molecule has 9 nitrogen and oxygen atoms in total. The molecule has 0 saturated heterocycles. The van der Waals surface area contributed by atoms with Crippen LogP contribution in [0.5, 0.6) is 46.0 Å². The maximum Gasteiger partial charge on any atom is 0.260 e. The summed E-state index contributed by atoms with van der Waals surface area (Å²) in [4.78, 5) is 13.1. The van der Waals surface area contributed by atoms with Gasteiger partial charge in [0, 0.05) is 110 Å². The summed E-state index contributed by atoms with van der Waals surface area (Å²) in [5, 5.41) is 0. The average molecular weight is 1420 g/mol. The van der Waals surface area contributed by atoms with Crippen molar-refractivity contribution in [1.82, 2.24) is 0 Å². The lowest BCUT2D eigenvalue weighted by atomic mass is 9.29. The molecule has 110 heavy (non-hydrogen) atoms. The average Bonchev–Trinajstić information content (AvgIpc) is 0.679. The predicted octanol–water partition coefficient (Wildman–Crippen LogP) is 18.9. The van der Waals surface area contributed by atoms with Gasteiger partial charge in [-0.3, -0.25) is 0 Å². The van der Waals surface area contributed by atoms with Crippen molar-refractivity contribution in [2.45, 2.75) is 88.1 Å². The van der Waals surface area contributed by atoms with Crippen molar-refractivity contribution in [2.75, 3.05) is 24.5 Å². The fraction of sp³-hybridized carbons (Fsp3) is 0.204. The predicted molar refractivity (Wildman–Crippen MR) is 449 cm³/mol. The highest BCUT2D eigenvalue weighted by Gasteiger charge is 2.60. The zero-order valence-electron chi connectivity index (χ0n) is 61.3. The molecule has 12 heteroatoms. The molecule has 528 valence electrons. The molecule has 0 atom stereocenters. The molecule has 0 N–H and O–H groups in total. The van der Waals surface area contributed by atoms with E-state index < -0.39 is 0 Å². The topological polar surface area (TPSA) is 53.1 Å². The molecule has 0 spiro atoms. The molecule has 6 heterocycles. The fourth-order valence-corrected chi connectivity index (χ4v) is 24.7. The molecular formula is C98H78B3N5O4. The molecule has 13 aromatic rings. The molecule has 8 saturated carbocycles. The third-order valence-electron chi connectivity index (χ3n) is 27.9. The minimum Gasteiger partial charge on any atom is -0.458 e. The van der Waals surface area contributed by atoms with Gasteiger partial charge in [0.25, 0.3) is 20.1 Å². The van der Waals surface area contributed by atoms with Gasteiger partial charge in [-0.15, -0.1) is 0 Å². The van der Waals surface area contributed by atoms with Crippen LogP contribution in [0.3, 0.4) is 0 Å². The highest BCUT2D eigenvalue weighted by molar-refractivity contribution is 7.03. The number of benzene rings is 13. The SMILES string of the molecule is c1ccc(N(c2ccccc2)c2cc3c4c(c2)Oc2cc5c(cc2B4c2ccccc2O3)B2c3cc4c(cc3Oc3cc(N(c6ccccc6)c6ccccc6)cc(c32)N5C23CC5CC(CC(C5)C2)C3)N(C23CC5CC(CC(C5)C2)C3)c2cc(N(c3ccccc3)c3ccccc3)cc3c2B4c2ccccc2O3)cc1. The van der Waals surface area contributed by atoms with Crippen LogP contribution in [0.15, 0.2) is 291 Å². The molecule has 27 rings (SSSR count). The van der Waals surface area contributed by atoms with Crippen LogP contribution in [0.2, 0.25) is 0 Å². The zero-order valence-corrected chi connectivity index (χ0v) is 61.3. The Labute approximate surface area is 643 Å². The highest BCUT2D eigenvalue weighted by atomic mass is 16.5. The Bertz CT molecular complexity index is 5780. The smallest absolute Gasteiger partial charge is 0.260 e. The fourth-order valence-electron chi connectivity index (χ4n) is 24.7. The molecule has 8 bridgehead atoms. The molecule has 0 unspecified atom stereocenters. The molecule has 14 aliphatic rings. The number of nitrogens with zero attached hydrogens (tertiary/aromatic N) is 5. The lowest BCUT2D eigenvalue weighted by Gasteiger charge is -2.62. The maximum absolute atomic E-state index is 8.25. The van der Waals surface area contributed by atoms with Gasteiger partial charge in [-0.05, 0) is 253 Å². The largest absolute Gasteiger partial charge is 0.458 e. The summed E-state index contributed by atoms with van der Waals surface area (Å²) in [6.45, 7) is -0.608. The van der Waals surface area contributed by atoms with Gasteiger partial charge in [-0.25, -0.2) is 0 Å². The molecule has 8 aliphatic carbocycles. The molecule has 0 aromatic heterocycles. The van der Waals surface area contributed by atoms with Crippen LogP contribution in [0.1, 0.15) is 77.0 Å². The van der Waals surface area contributed by atoms with Crippen molar-refractivity contribution in [1.29, 1.82) is 0 Å². The first-order valence-corrected chi connectivity index (χ1v) is 40.4. The summed E-state index contributed by atoms with van der Waals surface area (Å²) in [6, 6.07) is 108. The Morgan fingerprint density at radius 2 is 0.491 bits per heavy atom. The summed E-state index contributed by atoms with van der Waals surface area (Å²) < 4.78 is 30.9. The van der Waals surface area contributed by atoms with Crippen LogP contribution >= 0.6 is 0 Å². The van der Waals surface area contributed by atoms with Gasteiger partial charge in [-0.2, -0.15) is 0 Å². The monoisotopic (exact) mass is 1420 g/mol. The standard InChI is InChI=1S/C98H78B3N5O4/c1-7-23-67(24-8-1)102(68-25-9-2-10-26-68)73-45-84-94-90(47-73)107-86-37-21-19-35-76(86)99(94)78-51-81-89(53-82(78)105(84)97-55-61-39-62(56-97)41-63(40-61)57-97)109-91-48-74(103(69-27-11-3-12-28-69)70-29-13-4-14-30-70)46-85-95(91)101(81)79-52-80-88(54-83(79)106(85)98-58-64-42-65(59-98)44-66(43-64)60-98)110-93-50-75(49-92-96(93)100(80)77-36-20-22-38-87(77)108-92)104(71-31-15-5-16-32-71)72-33-17-6-18-34-72/h1-38,45-54,61-66H,39-44,55-60H2. The van der Waals surface area contributed by atoms with Crippen LogP contribution in [0.4, 0.5) is 73.9 Å². The van der Waals surface area contributed by atoms with Crippen molar-refractivity contribution in [3.8, 4) is 46.0 Å². The van der Waals surface area contributed by atoms with E-state index in [4.69, 9.17) is 18.9 Å². The van der Waals surface area contributed by atoms with Gasteiger partial charge in [0.15, 0.2) is 0 Å². The Kier molecular flexibility index (Phi) is 13.2. The number of hydrogen-bond acceptors (Lipinski definition) is 9. The van der Waals surface area contributed by atoms with Crippen molar-refractivity contribution < 1.29 is 18.9 Å². The van der Waals surface area contributed by atoms with Gasteiger partial charge in [-0.1, -0.05) is 158 Å². The van der Waals surface area contributed by atoms with Crippen LogP contribution in [-0.4, -0.2) is 31.2 Å². The van der Waals surface area contributed by atoms with E-state index in [-0.39, 0.29) is 31.2 Å². The first-order valence-electron chi connectivity index (χ1n) is 40.4. The van der Waals surface area contributed by atoms with Crippen molar-refractivity contribution in [2.24, 2.45) is 35.5 Å². The Morgan fingerprint density at radius 1 is 0.227 bits per heavy atom. The lowest BCUT2D eigenvalue weighted by molar-refractivity contribution is 0.000492. The zero-order chi connectivity index (χ0) is 71.7. The second-order valence-electron chi connectivity index (χ2n) is 34.3. The molecule has 8 fully saturated rings. The first-order chi connectivity index (χ1) is 54.3. The second kappa shape index (κ2) is 23.4. The summed E-state index contributed by atoms with van der Waals surface area (Å²) in [6.07, 6.45) is 14.8. The Hall–Kier alpha value is -11.7. The third kappa shape index (κ3) is 9.19. The second-order valence-corrected chi connectivity index (χ2v) is 34.3. The number of para-hydroxylation sites is 8. The molecular weight excluding hydrogens is 1340 g/mol. The number of ether oxygens (including phenoxy) is 4. The minimum atomic E-state index is -0.254. The van der Waals surface area contributed by atoms with Crippen molar-refractivity contribution >= 4 is 143 Å². The summed E-state index contributed by atoms with van der Waals surface area (Å²) in [5.74, 6) is 11.0. The molecule has 13 aromatic carbocycles. The van der Waals surface area contributed by atoms with Crippen molar-refractivity contribution in [3.05, 3.63) is 291 Å². The summed E-state index contributed by atoms with van der Waals surface area (Å²) >= 11 is 0. The quantitative estimate of drug-likeness (QED) is 0.118. The lowest BCUT2D eigenvalue weighted by Crippen LogP contribution is -2.69. The van der Waals surface area contributed by atoms with E-state index in [9.17, 15) is 0 Å². The summed E-state index contributed by atoms with van der Waals surface area (Å²) in [7, 11) is 0. The molecule has 0 amide bonds. The van der Waals surface area contributed by atoms with E-state index >= 15 is 0 Å². The number of anilines is 13. The Morgan fingerprint density at radius 3 is 0.818 bits per heavy atom. The van der Waals surface area contributed by atoms with Gasteiger partial charge < -0.3 is 43.4 Å². The third-order valence-corrected chi connectivity index (χ3v) is 27.9. The van der Waals surface area contributed by atoms with E-state index in [2.05, 4.69) is 316 Å². The molecule has 6 aliphatic heterocycles. The first kappa shape index (κ1) is 62.2. The van der Waals surface area contributed by atoms with Gasteiger partial charge in [0.05, 0.1) is 17.1 Å². The number of fused-ring (bicyclic) bond motifs is 12. The van der Waals surface area contributed by atoms with Crippen LogP contribution < -0.4 is 92.6 Å². The normalized spacial score (nSPS) is 23.1. The summed E-state index contributed by atoms with van der Waals surface area (Å²) in [5.41, 5.74) is 25.2. The van der Waals surface area contributed by atoms with Gasteiger partial charge in [0.2, 0.25) is 0 Å². The van der Waals surface area contributed by atoms with Crippen LogP contribution in [-0.2, 0) is 0 Å². The molecule has 0 radical (unpaired) electrons. The van der Waals surface area contributed by atoms with Crippen LogP contribution in [0, 0.1) is 35.5 Å². The number of rotatable bonds is 11. The van der Waals surface area contributed by atoms with E-state index in [1.165, 1.54) is 94.1 Å². The van der Waals surface area contributed by atoms with Crippen LogP contribution in [0.25, 0.3) is 0 Å². The maximum atomic E-state index is 8.25. The Balaban J connectivity index is 0.761. The van der Waals surface area contributed by atoms with E-state index in [1.54, 1.807) is 0 Å².